The molecule has 1 saturated heterocycles. The van der Waals surface area contributed by atoms with Gasteiger partial charge in [0.1, 0.15) is 0 Å². The molecule has 4 nitrogen and oxygen atoms in total. The molecule has 1 aliphatic heterocycles. The number of rotatable bonds is 6. The van der Waals surface area contributed by atoms with Crippen LogP contribution in [0.25, 0.3) is 0 Å². The average molecular weight is 271 g/mol. The van der Waals surface area contributed by atoms with Crippen molar-refractivity contribution >= 4 is 23.1 Å². The van der Waals surface area contributed by atoms with Crippen LogP contribution in [0.1, 0.15) is 39.5 Å². The fourth-order valence-corrected chi connectivity index (χ4v) is 2.41. The van der Waals surface area contributed by atoms with E-state index in [1.165, 1.54) is 0 Å². The highest BCUT2D eigenvalue weighted by Crippen LogP contribution is 2.23. The van der Waals surface area contributed by atoms with E-state index in [4.69, 9.17) is 23.7 Å². The minimum absolute atomic E-state index is 0.0547. The molecule has 1 aliphatic rings. The average Bonchev–Trinajstić information content (AvgIpc) is 2.29. The lowest BCUT2D eigenvalue weighted by atomic mass is 9.87. The molecule has 0 aliphatic carbocycles. The molecule has 5 heteroatoms. The van der Waals surface area contributed by atoms with Crippen LogP contribution in [0.4, 0.5) is 0 Å². The summed E-state index contributed by atoms with van der Waals surface area (Å²) in [5, 5.41) is 0. The van der Waals surface area contributed by atoms with Crippen LogP contribution in [-0.4, -0.2) is 35.4 Å². The lowest BCUT2D eigenvalue weighted by Crippen LogP contribution is -2.39. The molecule has 4 N–H and O–H groups in total. The van der Waals surface area contributed by atoms with Crippen LogP contribution in [0.15, 0.2) is 0 Å². The first kappa shape index (κ1) is 15.4. The first-order chi connectivity index (χ1) is 8.33. The predicted octanol–water partition coefficient (Wildman–Crippen LogP) is 1.28. The van der Waals surface area contributed by atoms with E-state index in [9.17, 15) is 4.79 Å². The maximum Gasteiger partial charge on any atom is 0.220 e. The Morgan fingerprint density at radius 1 is 1.33 bits per heavy atom. The third-order valence-electron chi connectivity index (χ3n) is 3.93. The van der Waals surface area contributed by atoms with Crippen LogP contribution in [0.2, 0.25) is 0 Å². The summed E-state index contributed by atoms with van der Waals surface area (Å²) in [5.41, 5.74) is 11.0. The largest absolute Gasteiger partial charge is 0.393 e. The maximum atomic E-state index is 11.1. The third kappa shape index (κ3) is 4.53. The molecule has 0 aromatic rings. The van der Waals surface area contributed by atoms with Crippen molar-refractivity contribution in [3.8, 4) is 0 Å². The van der Waals surface area contributed by atoms with Crippen LogP contribution in [0, 0.1) is 11.3 Å². The second kappa shape index (κ2) is 6.48. The maximum absolute atomic E-state index is 11.1. The van der Waals surface area contributed by atoms with Gasteiger partial charge in [-0.3, -0.25) is 4.79 Å². The van der Waals surface area contributed by atoms with Gasteiger partial charge in [-0.05, 0) is 45.3 Å². The Hall–Kier alpha value is -0.680. The third-order valence-corrected chi connectivity index (χ3v) is 4.49. The number of thiocarbonyl (C=S) groups is 1. The molecule has 0 aromatic heterocycles. The molecule has 0 radical (unpaired) electrons. The Morgan fingerprint density at radius 2 is 1.89 bits per heavy atom. The van der Waals surface area contributed by atoms with Gasteiger partial charge < -0.3 is 16.4 Å². The lowest BCUT2D eigenvalue weighted by Gasteiger charge is -2.31. The second-order valence-corrected chi connectivity index (χ2v) is 6.31. The van der Waals surface area contributed by atoms with Gasteiger partial charge in [-0.25, -0.2) is 0 Å². The fourth-order valence-electron chi connectivity index (χ4n) is 2.31. The summed E-state index contributed by atoms with van der Waals surface area (Å²) in [5.74, 6) is -0.0708. The number of likely N-dealkylation sites (tertiary alicyclic amines) is 1. The Labute approximate surface area is 115 Å². The van der Waals surface area contributed by atoms with E-state index in [0.717, 1.165) is 45.3 Å². The smallest absolute Gasteiger partial charge is 0.220 e. The highest BCUT2D eigenvalue weighted by atomic mass is 32.1. The van der Waals surface area contributed by atoms with Gasteiger partial charge in [0, 0.05) is 11.3 Å². The topological polar surface area (TPSA) is 72.3 Å². The number of carbonyl (C=O) groups excluding carboxylic acids is 1. The van der Waals surface area contributed by atoms with Gasteiger partial charge in [-0.1, -0.05) is 26.1 Å². The number of amides is 1. The summed E-state index contributed by atoms with van der Waals surface area (Å²) < 4.78 is 0. The van der Waals surface area contributed by atoms with Gasteiger partial charge in [-0.2, -0.15) is 0 Å². The number of primary amides is 1. The van der Waals surface area contributed by atoms with Crippen molar-refractivity contribution in [1.82, 2.24) is 4.90 Å². The molecule has 1 fully saturated rings. The van der Waals surface area contributed by atoms with E-state index in [0.29, 0.717) is 4.99 Å². The molecule has 1 heterocycles. The standard InChI is InChI=1S/C13H25N3OS/c1-13(2,12(15)18)6-3-7-16-8-4-10(5-9-16)11(14)17/h10H,3-9H2,1-2H3,(H2,14,17)(H2,15,18). The molecule has 104 valence electrons. The molecule has 0 saturated carbocycles. The van der Waals surface area contributed by atoms with Gasteiger partial charge in [0.25, 0.3) is 0 Å². The van der Waals surface area contributed by atoms with Gasteiger partial charge >= 0.3 is 0 Å². The van der Waals surface area contributed by atoms with Crippen LogP contribution >= 0.6 is 12.2 Å². The van der Waals surface area contributed by atoms with Crippen LogP contribution in [-0.2, 0) is 4.79 Å². The molecule has 0 aromatic carbocycles. The number of nitrogens with zero attached hydrogens (tertiary/aromatic N) is 1. The van der Waals surface area contributed by atoms with Crippen molar-refractivity contribution in [1.29, 1.82) is 0 Å². The minimum Gasteiger partial charge on any atom is -0.393 e. The molecular weight excluding hydrogens is 246 g/mol. The molecular formula is C13H25N3OS. The fraction of sp³-hybridized carbons (Fsp3) is 0.846. The Balaban J connectivity index is 2.22. The first-order valence-corrected chi connectivity index (χ1v) is 7.05. The Kier molecular flexibility index (Phi) is 5.53. The van der Waals surface area contributed by atoms with Crippen LogP contribution < -0.4 is 11.5 Å². The van der Waals surface area contributed by atoms with Gasteiger partial charge in [-0.15, -0.1) is 0 Å². The number of piperidine rings is 1. The Morgan fingerprint density at radius 3 is 2.33 bits per heavy atom. The lowest BCUT2D eigenvalue weighted by molar-refractivity contribution is -0.123. The van der Waals surface area contributed by atoms with E-state index in [-0.39, 0.29) is 17.2 Å². The highest BCUT2D eigenvalue weighted by Gasteiger charge is 2.24. The van der Waals surface area contributed by atoms with Gasteiger partial charge in [0.15, 0.2) is 0 Å². The molecule has 1 amide bonds. The van der Waals surface area contributed by atoms with Gasteiger partial charge in [0.2, 0.25) is 5.91 Å². The van der Waals surface area contributed by atoms with Crippen LogP contribution in [0.3, 0.4) is 0 Å². The molecule has 0 bridgehead atoms. The summed E-state index contributed by atoms with van der Waals surface area (Å²) in [4.78, 5) is 14.0. The zero-order chi connectivity index (χ0) is 13.8. The van der Waals surface area contributed by atoms with Crippen molar-refractivity contribution < 1.29 is 4.79 Å². The van der Waals surface area contributed by atoms with Crippen molar-refractivity contribution in [3.05, 3.63) is 0 Å². The summed E-state index contributed by atoms with van der Waals surface area (Å²) >= 11 is 5.06. The summed E-state index contributed by atoms with van der Waals surface area (Å²) in [7, 11) is 0. The minimum atomic E-state index is -0.149. The van der Waals surface area contributed by atoms with E-state index in [1.807, 2.05) is 0 Å². The monoisotopic (exact) mass is 271 g/mol. The number of nitrogens with two attached hydrogens (primary N) is 2. The highest BCUT2D eigenvalue weighted by molar-refractivity contribution is 7.80. The molecule has 0 atom stereocenters. The van der Waals surface area contributed by atoms with Crippen molar-refractivity contribution in [2.75, 3.05) is 19.6 Å². The summed E-state index contributed by atoms with van der Waals surface area (Å²) in [6, 6.07) is 0. The van der Waals surface area contributed by atoms with E-state index in [2.05, 4.69) is 18.7 Å². The molecule has 1 rings (SSSR count). The molecule has 0 unspecified atom stereocenters. The molecule has 18 heavy (non-hydrogen) atoms. The quantitative estimate of drug-likeness (QED) is 0.714. The Bertz CT molecular complexity index is 309. The van der Waals surface area contributed by atoms with Crippen molar-refractivity contribution in [3.63, 3.8) is 0 Å². The molecule has 0 spiro atoms. The van der Waals surface area contributed by atoms with E-state index >= 15 is 0 Å². The summed E-state index contributed by atoms with van der Waals surface area (Å²) in [6.45, 7) is 7.18. The number of hydrogen-bond donors (Lipinski definition) is 2. The predicted molar refractivity (Wildman–Crippen MR) is 78.2 cm³/mol. The van der Waals surface area contributed by atoms with Crippen molar-refractivity contribution in [2.24, 2.45) is 22.8 Å². The number of hydrogen-bond acceptors (Lipinski definition) is 3. The second-order valence-electron chi connectivity index (χ2n) is 5.87. The van der Waals surface area contributed by atoms with Gasteiger partial charge in [0.05, 0.1) is 4.99 Å². The zero-order valence-electron chi connectivity index (χ0n) is 11.4. The van der Waals surface area contributed by atoms with Crippen LogP contribution in [0.5, 0.6) is 0 Å². The SMILES string of the molecule is CC(C)(CCCN1CCC(C(N)=O)CC1)C(N)=S. The number of carbonyl (C=O) groups is 1. The first-order valence-electron chi connectivity index (χ1n) is 6.64. The van der Waals surface area contributed by atoms with E-state index < -0.39 is 0 Å². The summed E-state index contributed by atoms with van der Waals surface area (Å²) in [6.07, 6.45) is 3.89. The van der Waals surface area contributed by atoms with E-state index in [1.54, 1.807) is 0 Å². The zero-order valence-corrected chi connectivity index (χ0v) is 12.3. The van der Waals surface area contributed by atoms with Crippen molar-refractivity contribution in [2.45, 2.75) is 39.5 Å². The normalized spacial score (nSPS) is 18.8.